The monoisotopic (exact) mass is 206 g/mol. The standard InChI is InChI=1S/C13H18O2/c1-9(2)13(15)12(14)8-11-6-4-5-10(3)7-11/h4-7,9,13,15H,8H2,1-3H3. The molecule has 1 N–H and O–H groups in total. The van der Waals surface area contributed by atoms with Crippen molar-refractivity contribution < 1.29 is 9.90 Å². The number of Topliss-reactive ketones (excluding diaryl/α,β-unsaturated/α-hetero) is 1. The predicted molar refractivity (Wildman–Crippen MR) is 60.7 cm³/mol. The maximum absolute atomic E-state index is 11.6. The van der Waals surface area contributed by atoms with E-state index in [0.717, 1.165) is 11.1 Å². The Morgan fingerprint density at radius 3 is 2.60 bits per heavy atom. The fourth-order valence-corrected chi connectivity index (χ4v) is 1.50. The summed E-state index contributed by atoms with van der Waals surface area (Å²) in [6.07, 6.45) is -0.522. The van der Waals surface area contributed by atoms with Crippen molar-refractivity contribution in [3.63, 3.8) is 0 Å². The number of hydrogen-bond donors (Lipinski definition) is 1. The molecule has 0 amide bonds. The normalized spacial score (nSPS) is 12.9. The van der Waals surface area contributed by atoms with Crippen LogP contribution < -0.4 is 0 Å². The van der Waals surface area contributed by atoms with Crippen LogP contribution in [0.4, 0.5) is 0 Å². The molecule has 0 spiro atoms. The third-order valence-corrected chi connectivity index (χ3v) is 2.42. The summed E-state index contributed by atoms with van der Waals surface area (Å²) in [4.78, 5) is 11.6. The Hall–Kier alpha value is -1.15. The van der Waals surface area contributed by atoms with Gasteiger partial charge in [0.2, 0.25) is 0 Å². The minimum Gasteiger partial charge on any atom is -0.385 e. The number of benzene rings is 1. The minimum atomic E-state index is -0.842. The maximum Gasteiger partial charge on any atom is 0.165 e. The highest BCUT2D eigenvalue weighted by molar-refractivity contribution is 5.85. The number of rotatable bonds is 4. The van der Waals surface area contributed by atoms with Gasteiger partial charge in [0.05, 0.1) is 0 Å². The number of carbonyl (C=O) groups excluding carboxylic acids is 1. The molecule has 82 valence electrons. The molecule has 15 heavy (non-hydrogen) atoms. The second-order valence-corrected chi connectivity index (χ2v) is 4.32. The van der Waals surface area contributed by atoms with E-state index in [1.54, 1.807) is 0 Å². The molecule has 0 bridgehead atoms. The molecule has 0 aromatic heterocycles. The molecule has 1 unspecified atom stereocenters. The Labute approximate surface area is 90.9 Å². The molecule has 0 aliphatic rings. The molecule has 0 aliphatic carbocycles. The van der Waals surface area contributed by atoms with Gasteiger partial charge in [0, 0.05) is 6.42 Å². The van der Waals surface area contributed by atoms with Crippen molar-refractivity contribution >= 4 is 5.78 Å². The molecule has 2 heteroatoms. The number of hydrogen-bond acceptors (Lipinski definition) is 2. The first kappa shape index (κ1) is 11.9. The highest BCUT2D eigenvalue weighted by Gasteiger charge is 2.18. The van der Waals surface area contributed by atoms with Crippen LogP contribution >= 0.6 is 0 Å². The Balaban J connectivity index is 2.66. The summed E-state index contributed by atoms with van der Waals surface area (Å²) in [5, 5.41) is 9.58. The van der Waals surface area contributed by atoms with Gasteiger partial charge in [0.1, 0.15) is 6.10 Å². The van der Waals surface area contributed by atoms with E-state index < -0.39 is 6.10 Å². The number of ketones is 1. The Morgan fingerprint density at radius 1 is 1.40 bits per heavy atom. The highest BCUT2D eigenvalue weighted by Crippen LogP contribution is 2.09. The topological polar surface area (TPSA) is 37.3 Å². The van der Waals surface area contributed by atoms with Crippen molar-refractivity contribution in [1.82, 2.24) is 0 Å². The van der Waals surface area contributed by atoms with Gasteiger partial charge < -0.3 is 5.11 Å². The molecule has 1 aromatic rings. The van der Waals surface area contributed by atoms with Gasteiger partial charge in [-0.25, -0.2) is 0 Å². The maximum atomic E-state index is 11.6. The van der Waals surface area contributed by atoms with E-state index in [4.69, 9.17) is 0 Å². The number of carbonyl (C=O) groups is 1. The second kappa shape index (κ2) is 5.08. The lowest BCUT2D eigenvalue weighted by Gasteiger charge is -2.12. The van der Waals surface area contributed by atoms with E-state index in [2.05, 4.69) is 0 Å². The van der Waals surface area contributed by atoms with Crippen LogP contribution in [0.5, 0.6) is 0 Å². The fourth-order valence-electron chi connectivity index (χ4n) is 1.50. The average molecular weight is 206 g/mol. The molecular formula is C13H18O2. The van der Waals surface area contributed by atoms with Crippen molar-refractivity contribution in [3.8, 4) is 0 Å². The number of aryl methyl sites for hydroxylation is 1. The number of aliphatic hydroxyl groups excluding tert-OH is 1. The first-order valence-electron chi connectivity index (χ1n) is 5.27. The molecule has 2 nitrogen and oxygen atoms in total. The Kier molecular flexibility index (Phi) is 4.04. The predicted octanol–water partition coefficient (Wildman–Crippen LogP) is 2.12. The molecule has 1 atom stereocenters. The minimum absolute atomic E-state index is 0.0118. The van der Waals surface area contributed by atoms with Crippen LogP contribution in [-0.4, -0.2) is 17.0 Å². The number of aliphatic hydroxyl groups is 1. The van der Waals surface area contributed by atoms with Gasteiger partial charge in [-0.1, -0.05) is 43.7 Å². The van der Waals surface area contributed by atoms with E-state index in [1.807, 2.05) is 45.0 Å². The first-order valence-corrected chi connectivity index (χ1v) is 5.27. The van der Waals surface area contributed by atoms with Gasteiger partial charge in [-0.05, 0) is 18.4 Å². The lowest BCUT2D eigenvalue weighted by Crippen LogP contribution is -2.27. The van der Waals surface area contributed by atoms with Crippen LogP contribution in [0.25, 0.3) is 0 Å². The van der Waals surface area contributed by atoms with Crippen LogP contribution in [0.3, 0.4) is 0 Å². The van der Waals surface area contributed by atoms with Crippen molar-refractivity contribution in [1.29, 1.82) is 0 Å². The zero-order chi connectivity index (χ0) is 11.4. The van der Waals surface area contributed by atoms with Gasteiger partial charge >= 0.3 is 0 Å². The zero-order valence-electron chi connectivity index (χ0n) is 9.53. The average Bonchev–Trinajstić information content (AvgIpc) is 2.16. The summed E-state index contributed by atoms with van der Waals surface area (Å²) in [6.45, 7) is 5.68. The summed E-state index contributed by atoms with van der Waals surface area (Å²) >= 11 is 0. The summed E-state index contributed by atoms with van der Waals surface area (Å²) < 4.78 is 0. The Morgan fingerprint density at radius 2 is 2.07 bits per heavy atom. The lowest BCUT2D eigenvalue weighted by atomic mass is 9.97. The molecule has 1 aromatic carbocycles. The van der Waals surface area contributed by atoms with E-state index in [9.17, 15) is 9.90 Å². The molecule has 0 heterocycles. The first-order chi connectivity index (χ1) is 7.00. The van der Waals surface area contributed by atoms with Crippen LogP contribution in [-0.2, 0) is 11.2 Å². The van der Waals surface area contributed by atoms with Crippen molar-refractivity contribution in [2.24, 2.45) is 5.92 Å². The quantitative estimate of drug-likeness (QED) is 0.819. The van der Waals surface area contributed by atoms with Crippen molar-refractivity contribution in [2.75, 3.05) is 0 Å². The summed E-state index contributed by atoms with van der Waals surface area (Å²) in [5.74, 6) is -0.113. The molecule has 0 saturated heterocycles. The molecule has 0 radical (unpaired) electrons. The van der Waals surface area contributed by atoms with Crippen LogP contribution in [0.2, 0.25) is 0 Å². The molecule has 0 saturated carbocycles. The van der Waals surface area contributed by atoms with Gasteiger partial charge in [-0.2, -0.15) is 0 Å². The van der Waals surface area contributed by atoms with Gasteiger partial charge in [-0.3, -0.25) is 4.79 Å². The van der Waals surface area contributed by atoms with Crippen molar-refractivity contribution in [2.45, 2.75) is 33.3 Å². The SMILES string of the molecule is Cc1cccc(CC(=O)C(O)C(C)C)c1. The highest BCUT2D eigenvalue weighted by atomic mass is 16.3. The van der Waals surface area contributed by atoms with Crippen molar-refractivity contribution in [3.05, 3.63) is 35.4 Å². The zero-order valence-corrected chi connectivity index (χ0v) is 9.53. The molecule has 0 fully saturated rings. The van der Waals surface area contributed by atoms with Crippen LogP contribution in [0, 0.1) is 12.8 Å². The smallest absolute Gasteiger partial charge is 0.165 e. The second-order valence-electron chi connectivity index (χ2n) is 4.32. The summed E-state index contributed by atoms with van der Waals surface area (Å²) in [5.41, 5.74) is 2.11. The van der Waals surface area contributed by atoms with Crippen LogP contribution in [0.15, 0.2) is 24.3 Å². The molecule has 0 aliphatic heterocycles. The van der Waals surface area contributed by atoms with E-state index in [0.29, 0.717) is 6.42 Å². The summed E-state index contributed by atoms with van der Waals surface area (Å²) in [6, 6.07) is 7.81. The van der Waals surface area contributed by atoms with Gasteiger partial charge in [0.25, 0.3) is 0 Å². The van der Waals surface area contributed by atoms with E-state index >= 15 is 0 Å². The molecular weight excluding hydrogens is 188 g/mol. The summed E-state index contributed by atoms with van der Waals surface area (Å²) in [7, 11) is 0. The largest absolute Gasteiger partial charge is 0.385 e. The Bertz CT molecular complexity index is 342. The van der Waals surface area contributed by atoms with Gasteiger partial charge in [0.15, 0.2) is 5.78 Å². The third-order valence-electron chi connectivity index (χ3n) is 2.42. The van der Waals surface area contributed by atoms with E-state index in [-0.39, 0.29) is 11.7 Å². The van der Waals surface area contributed by atoms with Crippen LogP contribution in [0.1, 0.15) is 25.0 Å². The molecule has 1 rings (SSSR count). The fraction of sp³-hybridized carbons (Fsp3) is 0.462. The van der Waals surface area contributed by atoms with Gasteiger partial charge in [-0.15, -0.1) is 0 Å². The third kappa shape index (κ3) is 3.48. The van der Waals surface area contributed by atoms with E-state index in [1.165, 1.54) is 0 Å². The lowest BCUT2D eigenvalue weighted by molar-refractivity contribution is -0.128.